The normalized spacial score (nSPS) is 22.2. The molecule has 0 radical (unpaired) electrons. The van der Waals surface area contributed by atoms with Crippen molar-refractivity contribution in [3.8, 4) is 5.75 Å². The number of amides is 3. The summed E-state index contributed by atoms with van der Waals surface area (Å²) in [6, 6.07) is 12.1. The summed E-state index contributed by atoms with van der Waals surface area (Å²) in [5, 5.41) is 6.25. The van der Waals surface area contributed by atoms with Gasteiger partial charge in [0.1, 0.15) is 11.6 Å². The van der Waals surface area contributed by atoms with Crippen molar-refractivity contribution in [2.45, 2.75) is 50.6 Å². The number of rotatable bonds is 6. The lowest BCUT2D eigenvalue weighted by atomic mass is 9.88. The zero-order chi connectivity index (χ0) is 24.8. The zero-order valence-electron chi connectivity index (χ0n) is 20.0. The van der Waals surface area contributed by atoms with Crippen molar-refractivity contribution in [3.05, 3.63) is 65.5 Å². The molecule has 2 aliphatic rings. The average Bonchev–Trinajstić information content (AvgIpc) is 2.90. The first-order valence-corrected chi connectivity index (χ1v) is 12.2. The lowest BCUT2D eigenvalue weighted by Crippen LogP contribution is -2.55. The van der Waals surface area contributed by atoms with Crippen LogP contribution in [-0.2, 0) is 4.79 Å². The number of halogens is 1. The molecule has 3 amide bonds. The molecule has 7 nitrogen and oxygen atoms in total. The Kier molecular flexibility index (Phi) is 8.00. The molecule has 1 saturated heterocycles. The number of piperidine rings is 1. The highest BCUT2D eigenvalue weighted by Gasteiger charge is 2.33. The van der Waals surface area contributed by atoms with Crippen LogP contribution in [0.25, 0.3) is 0 Å². The van der Waals surface area contributed by atoms with Crippen molar-refractivity contribution in [1.29, 1.82) is 0 Å². The number of carbonyl (C=O) groups is 3. The molecule has 2 N–H and O–H groups in total. The van der Waals surface area contributed by atoms with Gasteiger partial charge in [-0.15, -0.1) is 0 Å². The van der Waals surface area contributed by atoms with Gasteiger partial charge in [-0.2, -0.15) is 0 Å². The first-order chi connectivity index (χ1) is 16.9. The van der Waals surface area contributed by atoms with Gasteiger partial charge in [0.05, 0.1) is 13.0 Å². The summed E-state index contributed by atoms with van der Waals surface area (Å²) in [7, 11) is 1.58. The molecule has 0 unspecified atom stereocenters. The molecule has 2 fully saturated rings. The van der Waals surface area contributed by atoms with E-state index >= 15 is 0 Å². The molecule has 35 heavy (non-hydrogen) atoms. The maximum Gasteiger partial charge on any atom is 0.253 e. The SMILES string of the molecule is COc1ccc(C(=O)N[C@@H]2CCCC[C@H]2NC(=O)[C@@H]2CCCN(C(=O)c3ccc(F)cc3)C2)cc1. The smallest absolute Gasteiger partial charge is 0.253 e. The fourth-order valence-corrected chi connectivity index (χ4v) is 4.92. The summed E-state index contributed by atoms with van der Waals surface area (Å²) < 4.78 is 18.4. The first-order valence-electron chi connectivity index (χ1n) is 12.2. The molecule has 4 rings (SSSR count). The highest BCUT2D eigenvalue weighted by molar-refractivity contribution is 5.95. The molecule has 0 bridgehead atoms. The summed E-state index contributed by atoms with van der Waals surface area (Å²) in [6.07, 6.45) is 5.00. The maximum absolute atomic E-state index is 13.2. The van der Waals surface area contributed by atoms with E-state index in [4.69, 9.17) is 4.74 Å². The van der Waals surface area contributed by atoms with Crippen molar-refractivity contribution in [3.63, 3.8) is 0 Å². The number of nitrogens with one attached hydrogen (secondary N) is 2. The van der Waals surface area contributed by atoms with Crippen molar-refractivity contribution in [2.75, 3.05) is 20.2 Å². The summed E-state index contributed by atoms with van der Waals surface area (Å²) in [4.78, 5) is 40.5. The standard InChI is InChI=1S/C27H32FN3O4/c1-35-22-14-10-18(11-15-22)25(32)29-23-6-2-3-7-24(23)30-26(33)20-5-4-16-31(17-20)27(34)19-8-12-21(28)13-9-19/h8-15,20,23-24H,2-7,16-17H2,1H3,(H,29,32)(H,30,33)/t20-,23-,24-/m1/s1. The van der Waals surface area contributed by atoms with Crippen LogP contribution in [0, 0.1) is 11.7 Å². The maximum atomic E-state index is 13.2. The summed E-state index contributed by atoms with van der Waals surface area (Å²) in [6.45, 7) is 0.904. The van der Waals surface area contributed by atoms with Crippen LogP contribution < -0.4 is 15.4 Å². The van der Waals surface area contributed by atoms with E-state index in [2.05, 4.69) is 10.6 Å². The average molecular weight is 482 g/mol. The van der Waals surface area contributed by atoms with Crippen LogP contribution in [0.4, 0.5) is 4.39 Å². The highest BCUT2D eigenvalue weighted by Crippen LogP contribution is 2.23. The fourth-order valence-electron chi connectivity index (χ4n) is 4.92. The van der Waals surface area contributed by atoms with Gasteiger partial charge in [-0.3, -0.25) is 14.4 Å². The van der Waals surface area contributed by atoms with Crippen LogP contribution >= 0.6 is 0 Å². The van der Waals surface area contributed by atoms with Gasteiger partial charge in [0.2, 0.25) is 5.91 Å². The number of hydrogen-bond acceptors (Lipinski definition) is 4. The Morgan fingerprint density at radius 3 is 2.14 bits per heavy atom. The summed E-state index contributed by atoms with van der Waals surface area (Å²) in [5.74, 6) is -0.468. The predicted octanol–water partition coefficient (Wildman–Crippen LogP) is 3.54. The number of carbonyl (C=O) groups excluding carboxylic acids is 3. The van der Waals surface area contributed by atoms with Crippen molar-refractivity contribution in [1.82, 2.24) is 15.5 Å². The van der Waals surface area contributed by atoms with E-state index in [1.807, 2.05) is 0 Å². The van der Waals surface area contributed by atoms with Crippen LogP contribution in [0.2, 0.25) is 0 Å². The molecule has 2 aromatic rings. The Morgan fingerprint density at radius 1 is 0.857 bits per heavy atom. The van der Waals surface area contributed by atoms with E-state index < -0.39 is 5.82 Å². The Labute approximate surface area is 205 Å². The molecule has 1 saturated carbocycles. The fraction of sp³-hybridized carbons (Fsp3) is 0.444. The van der Waals surface area contributed by atoms with Gasteiger partial charge < -0.3 is 20.3 Å². The van der Waals surface area contributed by atoms with Gasteiger partial charge in [0, 0.05) is 36.3 Å². The number of hydrogen-bond donors (Lipinski definition) is 2. The largest absolute Gasteiger partial charge is 0.497 e. The molecule has 8 heteroatoms. The molecule has 1 aliphatic carbocycles. The van der Waals surface area contributed by atoms with E-state index in [0.29, 0.717) is 36.4 Å². The van der Waals surface area contributed by atoms with Gasteiger partial charge in [-0.1, -0.05) is 12.8 Å². The van der Waals surface area contributed by atoms with E-state index in [1.165, 1.54) is 24.3 Å². The van der Waals surface area contributed by atoms with Crippen LogP contribution in [0.5, 0.6) is 5.75 Å². The number of nitrogens with zero attached hydrogens (tertiary/aromatic N) is 1. The first kappa shape index (κ1) is 24.7. The van der Waals surface area contributed by atoms with Crippen LogP contribution in [0.3, 0.4) is 0 Å². The Hall–Kier alpha value is -3.42. The molecule has 0 spiro atoms. The summed E-state index contributed by atoms with van der Waals surface area (Å²) >= 11 is 0. The zero-order valence-corrected chi connectivity index (χ0v) is 20.0. The molecule has 1 heterocycles. The van der Waals surface area contributed by atoms with Gasteiger partial charge in [0.25, 0.3) is 11.8 Å². The number of likely N-dealkylation sites (tertiary alicyclic amines) is 1. The van der Waals surface area contributed by atoms with Crippen LogP contribution in [0.15, 0.2) is 48.5 Å². The Bertz CT molecular complexity index is 1040. The second kappa shape index (κ2) is 11.3. The third-order valence-electron chi connectivity index (χ3n) is 6.93. The molecule has 1 aliphatic heterocycles. The number of methoxy groups -OCH3 is 1. The predicted molar refractivity (Wildman–Crippen MR) is 130 cm³/mol. The highest BCUT2D eigenvalue weighted by atomic mass is 19.1. The minimum absolute atomic E-state index is 0.0859. The molecule has 3 atom stereocenters. The summed E-state index contributed by atoms with van der Waals surface area (Å²) in [5.41, 5.74) is 0.963. The monoisotopic (exact) mass is 481 g/mol. The molecular formula is C27H32FN3O4. The van der Waals surface area contributed by atoms with Crippen LogP contribution in [-0.4, -0.2) is 54.9 Å². The van der Waals surface area contributed by atoms with Gasteiger partial charge in [-0.05, 0) is 74.2 Å². The lowest BCUT2D eigenvalue weighted by Gasteiger charge is -2.36. The minimum Gasteiger partial charge on any atom is -0.497 e. The van der Waals surface area contributed by atoms with E-state index in [9.17, 15) is 18.8 Å². The molecular weight excluding hydrogens is 449 g/mol. The lowest BCUT2D eigenvalue weighted by molar-refractivity contribution is -0.127. The molecule has 2 aromatic carbocycles. The van der Waals surface area contributed by atoms with Crippen molar-refractivity contribution >= 4 is 17.7 Å². The second-order valence-corrected chi connectivity index (χ2v) is 9.31. The van der Waals surface area contributed by atoms with E-state index in [-0.39, 0.29) is 35.7 Å². The van der Waals surface area contributed by atoms with E-state index in [0.717, 1.165) is 32.1 Å². The Morgan fingerprint density at radius 2 is 1.49 bits per heavy atom. The molecule has 186 valence electrons. The Balaban J connectivity index is 1.35. The van der Waals surface area contributed by atoms with Gasteiger partial charge in [-0.25, -0.2) is 4.39 Å². The third kappa shape index (κ3) is 6.18. The van der Waals surface area contributed by atoms with Gasteiger partial charge >= 0.3 is 0 Å². The van der Waals surface area contributed by atoms with Gasteiger partial charge in [0.15, 0.2) is 0 Å². The van der Waals surface area contributed by atoms with Crippen molar-refractivity contribution in [2.24, 2.45) is 5.92 Å². The quantitative estimate of drug-likeness (QED) is 0.661. The molecule has 0 aromatic heterocycles. The number of ether oxygens (including phenoxy) is 1. The van der Waals surface area contributed by atoms with Crippen LogP contribution in [0.1, 0.15) is 59.2 Å². The topological polar surface area (TPSA) is 87.7 Å². The minimum atomic E-state index is -0.390. The van der Waals surface area contributed by atoms with E-state index in [1.54, 1.807) is 36.3 Å². The van der Waals surface area contributed by atoms with Crippen molar-refractivity contribution < 1.29 is 23.5 Å². The second-order valence-electron chi connectivity index (χ2n) is 9.31. The third-order valence-corrected chi connectivity index (χ3v) is 6.93. The number of benzene rings is 2.